The van der Waals surface area contributed by atoms with Crippen LogP contribution < -0.4 is 5.32 Å². The number of hydrogen-bond donors (Lipinski definition) is 1. The van der Waals surface area contributed by atoms with Gasteiger partial charge in [-0.2, -0.15) is 5.10 Å². The lowest BCUT2D eigenvalue weighted by Gasteiger charge is -2.34. The van der Waals surface area contributed by atoms with Gasteiger partial charge in [-0.25, -0.2) is 4.39 Å². The second-order valence-corrected chi connectivity index (χ2v) is 9.87. The lowest BCUT2D eigenvalue weighted by Crippen LogP contribution is -2.32. The summed E-state index contributed by atoms with van der Waals surface area (Å²) in [6.45, 7) is 6.89. The standard InChI is InChI=1S/C21H24FN3O2S/c1-20(2)13-8-9-21(20,3)17(10-13)24-25-19-23-18(27)16(28-19)11-15(26)12-4-6-14(22)7-5-12/h4-7,13,16H,8-11H2,1-3H3,(H,23,25,27)/b24-17+/t13-,16+,21+/m0/s1. The van der Waals surface area contributed by atoms with E-state index in [2.05, 4.69) is 36.3 Å². The summed E-state index contributed by atoms with van der Waals surface area (Å²) in [6.07, 6.45) is 3.37. The van der Waals surface area contributed by atoms with Gasteiger partial charge < -0.3 is 5.32 Å². The smallest absolute Gasteiger partial charge is 0.240 e. The molecule has 148 valence electrons. The molecular weight excluding hydrogens is 377 g/mol. The van der Waals surface area contributed by atoms with Crippen LogP contribution in [0.2, 0.25) is 0 Å². The maximum absolute atomic E-state index is 13.0. The number of carbonyl (C=O) groups excluding carboxylic acids is 2. The minimum atomic E-state index is -0.538. The Bertz CT molecular complexity index is 893. The molecule has 1 N–H and O–H groups in total. The van der Waals surface area contributed by atoms with E-state index in [0.717, 1.165) is 18.6 Å². The summed E-state index contributed by atoms with van der Waals surface area (Å²) in [4.78, 5) is 24.6. The molecule has 1 saturated heterocycles. The quantitative estimate of drug-likeness (QED) is 0.607. The van der Waals surface area contributed by atoms with E-state index in [0.29, 0.717) is 16.6 Å². The average molecular weight is 402 g/mol. The summed E-state index contributed by atoms with van der Waals surface area (Å²) >= 11 is 1.23. The number of rotatable bonds is 4. The van der Waals surface area contributed by atoms with E-state index >= 15 is 0 Å². The molecule has 1 aliphatic heterocycles. The second kappa shape index (κ2) is 6.79. The van der Waals surface area contributed by atoms with Crippen LogP contribution in [-0.2, 0) is 4.79 Å². The Morgan fingerprint density at radius 2 is 1.96 bits per heavy atom. The Labute approximate surface area is 168 Å². The van der Waals surface area contributed by atoms with E-state index in [1.54, 1.807) is 0 Å². The molecule has 4 rings (SSSR count). The fourth-order valence-electron chi connectivity index (χ4n) is 4.69. The monoisotopic (exact) mass is 401 g/mol. The van der Waals surface area contributed by atoms with Crippen molar-refractivity contribution >= 4 is 34.3 Å². The highest BCUT2D eigenvalue weighted by molar-refractivity contribution is 8.15. The number of Topliss-reactive ketones (excluding diaryl/α,β-unsaturated/α-hetero) is 1. The van der Waals surface area contributed by atoms with Crippen molar-refractivity contribution in [3.63, 3.8) is 0 Å². The number of halogens is 1. The van der Waals surface area contributed by atoms with Crippen LogP contribution in [0.1, 0.15) is 56.8 Å². The molecule has 0 radical (unpaired) electrons. The summed E-state index contributed by atoms with van der Waals surface area (Å²) in [5.74, 6) is -0.180. The first kappa shape index (κ1) is 19.3. The molecule has 3 atom stereocenters. The van der Waals surface area contributed by atoms with E-state index in [-0.39, 0.29) is 28.9 Å². The number of thioether (sulfide) groups is 1. The van der Waals surface area contributed by atoms with Gasteiger partial charge in [0, 0.05) is 23.1 Å². The third kappa shape index (κ3) is 3.09. The van der Waals surface area contributed by atoms with Crippen LogP contribution in [0, 0.1) is 22.6 Å². The number of ketones is 1. The molecule has 2 aliphatic carbocycles. The zero-order valence-electron chi connectivity index (χ0n) is 16.3. The normalized spacial score (nSPS) is 33.6. The molecule has 2 bridgehead atoms. The van der Waals surface area contributed by atoms with Gasteiger partial charge >= 0.3 is 0 Å². The Morgan fingerprint density at radius 3 is 2.57 bits per heavy atom. The molecule has 3 aliphatic rings. The van der Waals surface area contributed by atoms with E-state index < -0.39 is 11.1 Å². The predicted molar refractivity (Wildman–Crippen MR) is 109 cm³/mol. The molecule has 3 fully saturated rings. The van der Waals surface area contributed by atoms with Crippen LogP contribution in [0.5, 0.6) is 0 Å². The first-order valence-corrected chi connectivity index (χ1v) is 10.5. The van der Waals surface area contributed by atoms with Gasteiger partial charge in [0.1, 0.15) is 5.82 Å². The number of nitrogens with zero attached hydrogens (tertiary/aromatic N) is 2. The Hall–Kier alpha value is -2.02. The minimum absolute atomic E-state index is 0.0462. The van der Waals surface area contributed by atoms with Gasteiger partial charge in [0.05, 0.1) is 5.25 Å². The van der Waals surface area contributed by atoms with Crippen LogP contribution in [0.3, 0.4) is 0 Å². The van der Waals surface area contributed by atoms with E-state index in [1.165, 1.54) is 42.4 Å². The molecule has 1 amide bonds. The van der Waals surface area contributed by atoms with Gasteiger partial charge in [-0.3, -0.25) is 9.59 Å². The van der Waals surface area contributed by atoms with Crippen LogP contribution in [0.15, 0.2) is 34.5 Å². The maximum Gasteiger partial charge on any atom is 0.240 e. The summed E-state index contributed by atoms with van der Waals surface area (Å²) in [5, 5.41) is 11.4. The molecule has 0 unspecified atom stereocenters. The van der Waals surface area contributed by atoms with Crippen LogP contribution in [-0.4, -0.2) is 27.8 Å². The molecular formula is C21H24FN3O2S. The van der Waals surface area contributed by atoms with Crippen molar-refractivity contribution in [2.24, 2.45) is 27.0 Å². The number of nitrogens with one attached hydrogen (secondary N) is 1. The highest BCUT2D eigenvalue weighted by Crippen LogP contribution is 2.64. The van der Waals surface area contributed by atoms with Crippen molar-refractivity contribution in [1.82, 2.24) is 5.32 Å². The third-order valence-electron chi connectivity index (χ3n) is 7.09. The predicted octanol–water partition coefficient (Wildman–Crippen LogP) is 4.19. The molecule has 5 nitrogen and oxygen atoms in total. The molecule has 28 heavy (non-hydrogen) atoms. The first-order valence-electron chi connectivity index (χ1n) is 9.62. The summed E-state index contributed by atoms with van der Waals surface area (Å²) in [6, 6.07) is 5.37. The number of hydrogen-bond acceptors (Lipinski definition) is 5. The van der Waals surface area contributed by atoms with Crippen LogP contribution >= 0.6 is 11.8 Å². The fourth-order valence-corrected chi connectivity index (χ4v) is 5.61. The van der Waals surface area contributed by atoms with Crippen molar-refractivity contribution in [1.29, 1.82) is 0 Å². The van der Waals surface area contributed by atoms with Gasteiger partial charge in [0.25, 0.3) is 0 Å². The summed E-state index contributed by atoms with van der Waals surface area (Å²) in [7, 11) is 0. The highest BCUT2D eigenvalue weighted by atomic mass is 32.2. The minimum Gasteiger partial charge on any atom is -0.303 e. The lowest BCUT2D eigenvalue weighted by molar-refractivity contribution is -0.118. The molecule has 0 spiro atoms. The van der Waals surface area contributed by atoms with Crippen molar-refractivity contribution in [3.8, 4) is 0 Å². The largest absolute Gasteiger partial charge is 0.303 e. The number of benzene rings is 1. The number of amidine groups is 1. The second-order valence-electron chi connectivity index (χ2n) is 8.68. The van der Waals surface area contributed by atoms with Crippen molar-refractivity contribution in [3.05, 3.63) is 35.6 Å². The zero-order chi connectivity index (χ0) is 20.1. The van der Waals surface area contributed by atoms with Gasteiger partial charge in [-0.15, -0.1) is 5.10 Å². The van der Waals surface area contributed by atoms with E-state index in [9.17, 15) is 14.0 Å². The lowest BCUT2D eigenvalue weighted by atomic mass is 9.70. The molecule has 1 heterocycles. The molecule has 2 saturated carbocycles. The highest BCUT2D eigenvalue weighted by Gasteiger charge is 2.60. The van der Waals surface area contributed by atoms with Gasteiger partial charge in [-0.05, 0) is 54.9 Å². The summed E-state index contributed by atoms with van der Waals surface area (Å²) in [5.41, 5.74) is 1.80. The molecule has 7 heteroatoms. The fraction of sp³-hybridized carbons (Fsp3) is 0.524. The maximum atomic E-state index is 13.0. The van der Waals surface area contributed by atoms with Crippen LogP contribution in [0.4, 0.5) is 4.39 Å². The number of fused-ring (bicyclic) bond motifs is 2. The SMILES string of the molecule is CC1(C)[C@H]2CC[C@]1(C)/C(=N/N=C1/NC(=O)[C@@H](CC(=O)c3ccc(F)cc3)S1)C2. The topological polar surface area (TPSA) is 70.9 Å². The summed E-state index contributed by atoms with van der Waals surface area (Å²) < 4.78 is 13.0. The average Bonchev–Trinajstić information content (AvgIpc) is 3.17. The third-order valence-corrected chi connectivity index (χ3v) is 8.16. The van der Waals surface area contributed by atoms with Crippen molar-refractivity contribution in [2.45, 2.75) is 51.7 Å². The van der Waals surface area contributed by atoms with Crippen molar-refractivity contribution in [2.75, 3.05) is 0 Å². The Balaban J connectivity index is 1.44. The number of amides is 1. The van der Waals surface area contributed by atoms with E-state index in [1.807, 2.05) is 0 Å². The first-order chi connectivity index (χ1) is 13.2. The molecule has 0 aromatic heterocycles. The van der Waals surface area contributed by atoms with E-state index in [4.69, 9.17) is 0 Å². The Kier molecular flexibility index (Phi) is 4.68. The van der Waals surface area contributed by atoms with Gasteiger partial charge in [-0.1, -0.05) is 32.5 Å². The van der Waals surface area contributed by atoms with Crippen LogP contribution in [0.25, 0.3) is 0 Å². The molecule has 1 aromatic carbocycles. The van der Waals surface area contributed by atoms with Gasteiger partial charge in [0.2, 0.25) is 5.91 Å². The Morgan fingerprint density at radius 1 is 1.25 bits per heavy atom. The molecule has 1 aromatic rings. The zero-order valence-corrected chi connectivity index (χ0v) is 17.1. The number of carbonyl (C=O) groups is 2. The van der Waals surface area contributed by atoms with Crippen molar-refractivity contribution < 1.29 is 14.0 Å². The van der Waals surface area contributed by atoms with Gasteiger partial charge in [0.15, 0.2) is 11.0 Å².